The van der Waals surface area contributed by atoms with Gasteiger partial charge in [-0.15, -0.1) is 0 Å². The van der Waals surface area contributed by atoms with Crippen molar-refractivity contribution in [3.05, 3.63) is 88.5 Å². The van der Waals surface area contributed by atoms with Crippen LogP contribution in [0.15, 0.2) is 60.7 Å². The fraction of sp³-hybridized carbons (Fsp3) is 0.222. The molecule has 0 bridgehead atoms. The maximum absolute atomic E-state index is 12.7. The normalized spacial score (nSPS) is 10.5. The van der Waals surface area contributed by atoms with E-state index in [9.17, 15) is 19.5 Å². The second-order valence-electron chi connectivity index (χ2n) is 7.96. The third-order valence-corrected chi connectivity index (χ3v) is 5.27. The Morgan fingerprint density at radius 3 is 2.35 bits per heavy atom. The van der Waals surface area contributed by atoms with E-state index in [2.05, 4.69) is 5.32 Å². The van der Waals surface area contributed by atoms with Crippen LogP contribution >= 0.6 is 0 Å². The molecule has 7 heteroatoms. The quantitative estimate of drug-likeness (QED) is 0.366. The number of carboxylic acid groups (broad SMARTS) is 1. The van der Waals surface area contributed by atoms with Gasteiger partial charge in [0.15, 0.2) is 5.78 Å². The molecule has 0 aliphatic carbocycles. The van der Waals surface area contributed by atoms with Gasteiger partial charge in [0.2, 0.25) is 0 Å². The first-order valence-electron chi connectivity index (χ1n) is 11.0. The summed E-state index contributed by atoms with van der Waals surface area (Å²) in [5.74, 6) is -0.975. The number of nitrogens with one attached hydrogen (secondary N) is 1. The van der Waals surface area contributed by atoms with Gasteiger partial charge < -0.3 is 20.3 Å². The summed E-state index contributed by atoms with van der Waals surface area (Å²) >= 11 is 0. The Kier molecular flexibility index (Phi) is 8.03. The van der Waals surface area contributed by atoms with Crippen LogP contribution in [0, 0.1) is 0 Å². The highest BCUT2D eigenvalue weighted by molar-refractivity contribution is 6.04. The molecule has 0 spiro atoms. The van der Waals surface area contributed by atoms with Crippen molar-refractivity contribution in [3.8, 4) is 11.5 Å². The van der Waals surface area contributed by atoms with Gasteiger partial charge in [0.1, 0.15) is 18.1 Å². The van der Waals surface area contributed by atoms with Crippen LogP contribution in [0.4, 0.5) is 5.69 Å². The molecule has 0 unspecified atom stereocenters. The zero-order valence-corrected chi connectivity index (χ0v) is 19.1. The van der Waals surface area contributed by atoms with Crippen LogP contribution < -0.4 is 10.1 Å². The van der Waals surface area contributed by atoms with Gasteiger partial charge in [0.25, 0.3) is 5.91 Å². The third kappa shape index (κ3) is 6.22. The van der Waals surface area contributed by atoms with E-state index < -0.39 is 5.97 Å². The van der Waals surface area contributed by atoms with Crippen LogP contribution in [-0.2, 0) is 24.2 Å². The van der Waals surface area contributed by atoms with Gasteiger partial charge in [0, 0.05) is 16.8 Å². The lowest BCUT2D eigenvalue weighted by atomic mass is 10.0. The Bertz CT molecular complexity index is 1200. The highest BCUT2D eigenvalue weighted by Crippen LogP contribution is 2.33. The second-order valence-corrected chi connectivity index (χ2v) is 7.96. The third-order valence-electron chi connectivity index (χ3n) is 5.27. The molecule has 3 N–H and O–H groups in total. The van der Waals surface area contributed by atoms with E-state index in [1.54, 1.807) is 54.6 Å². The molecule has 176 valence electrons. The molecule has 0 fully saturated rings. The van der Waals surface area contributed by atoms with E-state index in [0.29, 0.717) is 34.5 Å². The van der Waals surface area contributed by atoms with Crippen molar-refractivity contribution in [2.75, 3.05) is 5.32 Å². The summed E-state index contributed by atoms with van der Waals surface area (Å²) in [6.45, 7) is 3.57. The number of amides is 1. The highest BCUT2D eigenvalue weighted by Gasteiger charge is 2.16. The Morgan fingerprint density at radius 1 is 0.971 bits per heavy atom. The number of hydrogen-bond acceptors (Lipinski definition) is 5. The van der Waals surface area contributed by atoms with Crippen LogP contribution in [0.25, 0.3) is 0 Å². The minimum Gasteiger partial charge on any atom is -0.507 e. The summed E-state index contributed by atoms with van der Waals surface area (Å²) < 4.78 is 5.94. The Balaban J connectivity index is 1.70. The SMILES string of the molecule is CCCc1c(OCc2cccc(C(=O)Nc3ccc(CC(=O)O)cc3)c2)ccc(C(C)=O)c1O. The summed E-state index contributed by atoms with van der Waals surface area (Å²) in [5, 5.41) is 22.2. The van der Waals surface area contributed by atoms with Gasteiger partial charge in [0.05, 0.1) is 12.0 Å². The first kappa shape index (κ1) is 24.5. The standard InChI is InChI=1S/C27H27NO6/c1-3-5-23-24(13-12-22(17(2)29)26(23)32)34-16-19-6-4-7-20(14-19)27(33)28-21-10-8-18(9-11-21)15-25(30)31/h4,6-14,32H,3,5,15-16H2,1-2H3,(H,28,33)(H,30,31). The highest BCUT2D eigenvalue weighted by atomic mass is 16.5. The number of phenols is 1. The smallest absolute Gasteiger partial charge is 0.307 e. The average molecular weight is 462 g/mol. The van der Waals surface area contributed by atoms with Gasteiger partial charge in [-0.25, -0.2) is 0 Å². The largest absolute Gasteiger partial charge is 0.507 e. The lowest BCUT2D eigenvalue weighted by Gasteiger charge is -2.15. The van der Waals surface area contributed by atoms with Gasteiger partial charge in [-0.2, -0.15) is 0 Å². The van der Waals surface area contributed by atoms with Crippen molar-refractivity contribution in [2.24, 2.45) is 0 Å². The van der Waals surface area contributed by atoms with Crippen molar-refractivity contribution in [1.29, 1.82) is 0 Å². The number of hydrogen-bond donors (Lipinski definition) is 3. The Hall–Kier alpha value is -4.13. The summed E-state index contributed by atoms with van der Waals surface area (Å²) in [4.78, 5) is 35.2. The van der Waals surface area contributed by atoms with Crippen LogP contribution in [0.5, 0.6) is 11.5 Å². The predicted molar refractivity (Wildman–Crippen MR) is 129 cm³/mol. The second kappa shape index (κ2) is 11.1. The van der Waals surface area contributed by atoms with Crippen LogP contribution in [0.1, 0.15) is 57.7 Å². The van der Waals surface area contributed by atoms with Gasteiger partial charge in [-0.05, 0) is 60.9 Å². The van der Waals surface area contributed by atoms with E-state index in [4.69, 9.17) is 9.84 Å². The number of carbonyl (C=O) groups is 3. The molecular weight excluding hydrogens is 434 g/mol. The molecule has 0 aliphatic rings. The molecule has 0 radical (unpaired) electrons. The molecule has 1 amide bonds. The molecule has 3 rings (SSSR count). The number of ketones is 1. The molecule has 3 aromatic carbocycles. The van der Waals surface area contributed by atoms with E-state index >= 15 is 0 Å². The van der Waals surface area contributed by atoms with Crippen molar-refractivity contribution in [1.82, 2.24) is 0 Å². The van der Waals surface area contributed by atoms with Gasteiger partial charge in [-0.3, -0.25) is 14.4 Å². The number of aromatic hydroxyl groups is 1. The van der Waals surface area contributed by atoms with Crippen LogP contribution in [-0.4, -0.2) is 27.9 Å². The lowest BCUT2D eigenvalue weighted by molar-refractivity contribution is -0.136. The monoisotopic (exact) mass is 461 g/mol. The Morgan fingerprint density at radius 2 is 1.71 bits per heavy atom. The molecule has 0 aromatic heterocycles. The molecule has 0 heterocycles. The van der Waals surface area contributed by atoms with E-state index in [1.165, 1.54) is 6.92 Å². The number of benzene rings is 3. The molecule has 0 saturated carbocycles. The molecule has 34 heavy (non-hydrogen) atoms. The number of carbonyl (C=O) groups excluding carboxylic acids is 2. The number of aliphatic carboxylic acids is 1. The zero-order valence-electron chi connectivity index (χ0n) is 19.1. The molecule has 0 atom stereocenters. The number of carboxylic acids is 1. The van der Waals surface area contributed by atoms with E-state index in [0.717, 1.165) is 12.0 Å². The van der Waals surface area contributed by atoms with Crippen molar-refractivity contribution in [3.63, 3.8) is 0 Å². The van der Waals surface area contributed by atoms with E-state index in [-0.39, 0.29) is 36.0 Å². The summed E-state index contributed by atoms with van der Waals surface area (Å²) in [5.41, 5.74) is 3.28. The first-order valence-corrected chi connectivity index (χ1v) is 11.0. The molecular formula is C27H27NO6. The van der Waals surface area contributed by atoms with Crippen molar-refractivity contribution < 1.29 is 29.3 Å². The topological polar surface area (TPSA) is 113 Å². The molecule has 0 aliphatic heterocycles. The van der Waals surface area contributed by atoms with Crippen molar-refractivity contribution >= 4 is 23.3 Å². The number of phenolic OH excluding ortho intramolecular Hbond substituents is 1. The van der Waals surface area contributed by atoms with Gasteiger partial charge in [-0.1, -0.05) is 37.6 Å². The summed E-state index contributed by atoms with van der Waals surface area (Å²) in [6, 6.07) is 16.9. The number of rotatable bonds is 10. The zero-order chi connectivity index (χ0) is 24.7. The number of anilines is 1. The lowest BCUT2D eigenvalue weighted by Crippen LogP contribution is -2.12. The Labute approximate surface area is 198 Å². The molecule has 7 nitrogen and oxygen atoms in total. The van der Waals surface area contributed by atoms with Gasteiger partial charge >= 0.3 is 5.97 Å². The summed E-state index contributed by atoms with van der Waals surface area (Å²) in [6.07, 6.45) is 1.26. The first-order chi connectivity index (χ1) is 16.3. The maximum atomic E-state index is 12.7. The number of ether oxygens (including phenoxy) is 1. The fourth-order valence-corrected chi connectivity index (χ4v) is 3.58. The van der Waals surface area contributed by atoms with E-state index in [1.807, 2.05) is 13.0 Å². The average Bonchev–Trinajstić information content (AvgIpc) is 2.80. The van der Waals surface area contributed by atoms with Crippen LogP contribution in [0.3, 0.4) is 0 Å². The maximum Gasteiger partial charge on any atom is 0.307 e. The fourth-order valence-electron chi connectivity index (χ4n) is 3.58. The van der Waals surface area contributed by atoms with Crippen LogP contribution in [0.2, 0.25) is 0 Å². The molecule has 0 saturated heterocycles. The van der Waals surface area contributed by atoms with Crippen molar-refractivity contribution in [2.45, 2.75) is 39.7 Å². The molecule has 3 aromatic rings. The predicted octanol–water partition coefficient (Wildman–Crippen LogP) is 5.01. The minimum absolute atomic E-state index is 0.0469. The number of Topliss-reactive ketones (excluding diaryl/α,β-unsaturated/α-hetero) is 1. The minimum atomic E-state index is -0.914. The summed E-state index contributed by atoms with van der Waals surface area (Å²) in [7, 11) is 0.